The van der Waals surface area contributed by atoms with Crippen molar-refractivity contribution >= 4 is 16.0 Å². The smallest absolute Gasteiger partial charge is 0.325 e. The van der Waals surface area contributed by atoms with Crippen molar-refractivity contribution in [1.82, 2.24) is 14.5 Å². The van der Waals surface area contributed by atoms with Crippen LogP contribution in [0.2, 0.25) is 0 Å². The predicted molar refractivity (Wildman–Crippen MR) is 65.9 cm³/mol. The van der Waals surface area contributed by atoms with E-state index in [0.29, 0.717) is 6.42 Å². The number of aromatic nitrogens is 2. The Bertz CT molecular complexity index is 525. The average molecular weight is 291 g/mol. The molecule has 0 amide bonds. The van der Waals surface area contributed by atoms with Gasteiger partial charge in [-0.05, 0) is 12.3 Å². The SMILES string of the molecule is CC(CCO)CNS(=O)(=O)c1cnn(CC(=O)O)c1. The van der Waals surface area contributed by atoms with Gasteiger partial charge in [0, 0.05) is 19.3 Å². The Morgan fingerprint density at radius 3 is 2.84 bits per heavy atom. The minimum atomic E-state index is -3.70. The normalized spacial score (nSPS) is 13.4. The Morgan fingerprint density at radius 1 is 1.58 bits per heavy atom. The van der Waals surface area contributed by atoms with Crippen LogP contribution in [0.15, 0.2) is 17.3 Å². The molecular weight excluding hydrogens is 274 g/mol. The number of nitrogens with zero attached hydrogens (tertiary/aromatic N) is 2. The summed E-state index contributed by atoms with van der Waals surface area (Å²) < 4.78 is 27.2. The second-order valence-electron chi connectivity index (χ2n) is 4.24. The van der Waals surface area contributed by atoms with Gasteiger partial charge in [0.15, 0.2) is 0 Å². The first-order valence-electron chi connectivity index (χ1n) is 5.70. The number of aliphatic hydroxyl groups excluding tert-OH is 1. The first-order chi connectivity index (χ1) is 8.85. The van der Waals surface area contributed by atoms with Crippen LogP contribution in [0.1, 0.15) is 13.3 Å². The number of carboxylic acids is 1. The molecule has 0 bridgehead atoms. The van der Waals surface area contributed by atoms with Gasteiger partial charge in [-0.3, -0.25) is 9.48 Å². The Labute approximate surface area is 111 Å². The van der Waals surface area contributed by atoms with Crippen molar-refractivity contribution < 1.29 is 23.4 Å². The molecule has 1 aromatic heterocycles. The van der Waals surface area contributed by atoms with Gasteiger partial charge in [-0.2, -0.15) is 5.10 Å². The van der Waals surface area contributed by atoms with Crippen molar-refractivity contribution in [2.45, 2.75) is 24.8 Å². The van der Waals surface area contributed by atoms with Crippen molar-refractivity contribution in [3.8, 4) is 0 Å². The van der Waals surface area contributed by atoms with Crippen molar-refractivity contribution in [2.24, 2.45) is 5.92 Å². The van der Waals surface area contributed by atoms with E-state index in [4.69, 9.17) is 10.2 Å². The van der Waals surface area contributed by atoms with Gasteiger partial charge in [0.1, 0.15) is 11.4 Å². The lowest BCUT2D eigenvalue weighted by atomic mass is 10.1. The fourth-order valence-corrected chi connectivity index (χ4v) is 2.48. The van der Waals surface area contributed by atoms with Gasteiger partial charge in [-0.15, -0.1) is 0 Å². The zero-order valence-electron chi connectivity index (χ0n) is 10.5. The molecule has 8 nitrogen and oxygen atoms in total. The molecule has 9 heteroatoms. The van der Waals surface area contributed by atoms with Crippen molar-refractivity contribution in [2.75, 3.05) is 13.2 Å². The summed E-state index contributed by atoms with van der Waals surface area (Å²) in [6.07, 6.45) is 2.76. The number of rotatable bonds is 8. The highest BCUT2D eigenvalue weighted by Crippen LogP contribution is 2.08. The van der Waals surface area contributed by atoms with Crippen LogP contribution in [0.4, 0.5) is 0 Å². The first kappa shape index (κ1) is 15.6. The van der Waals surface area contributed by atoms with Crippen molar-refractivity contribution in [3.05, 3.63) is 12.4 Å². The van der Waals surface area contributed by atoms with Crippen molar-refractivity contribution in [1.29, 1.82) is 0 Å². The molecule has 1 atom stereocenters. The third-order valence-corrected chi connectivity index (χ3v) is 3.84. The van der Waals surface area contributed by atoms with Crippen molar-refractivity contribution in [3.63, 3.8) is 0 Å². The van der Waals surface area contributed by atoms with E-state index in [1.165, 1.54) is 0 Å². The molecule has 0 aliphatic carbocycles. The topological polar surface area (TPSA) is 122 Å². The zero-order chi connectivity index (χ0) is 14.5. The second kappa shape index (κ2) is 6.64. The summed E-state index contributed by atoms with van der Waals surface area (Å²) in [6.45, 7) is 1.62. The van der Waals surface area contributed by atoms with E-state index in [0.717, 1.165) is 17.1 Å². The van der Waals surface area contributed by atoms with Crippen LogP contribution in [-0.2, 0) is 21.4 Å². The Morgan fingerprint density at radius 2 is 2.26 bits per heavy atom. The third-order valence-electron chi connectivity index (χ3n) is 2.46. The van der Waals surface area contributed by atoms with Gasteiger partial charge in [-0.1, -0.05) is 6.92 Å². The second-order valence-corrected chi connectivity index (χ2v) is 6.00. The number of aliphatic carboxylic acids is 1. The summed E-state index contributed by atoms with van der Waals surface area (Å²) in [5.74, 6) is -1.09. The summed E-state index contributed by atoms with van der Waals surface area (Å²) in [4.78, 5) is 10.4. The Hall–Kier alpha value is -1.45. The molecule has 3 N–H and O–H groups in total. The minimum Gasteiger partial charge on any atom is -0.480 e. The summed E-state index contributed by atoms with van der Waals surface area (Å²) in [5, 5.41) is 21.0. The number of sulfonamides is 1. The highest BCUT2D eigenvalue weighted by molar-refractivity contribution is 7.89. The molecule has 0 fully saturated rings. The number of carbonyl (C=O) groups is 1. The van der Waals surface area contributed by atoms with Gasteiger partial charge >= 0.3 is 5.97 Å². The largest absolute Gasteiger partial charge is 0.480 e. The average Bonchev–Trinajstić information content (AvgIpc) is 2.75. The summed E-state index contributed by atoms with van der Waals surface area (Å²) in [5.41, 5.74) is 0. The standard InChI is InChI=1S/C10H17N3O5S/c1-8(2-3-14)4-12-19(17,18)9-5-11-13(6-9)7-10(15)16/h5-6,8,12,14H,2-4,7H2,1H3,(H,15,16). The molecule has 0 aliphatic rings. The molecule has 0 spiro atoms. The molecule has 0 saturated carbocycles. The molecule has 1 heterocycles. The quantitative estimate of drug-likeness (QED) is 0.580. The van der Waals surface area contributed by atoms with Crippen LogP contribution in [0.5, 0.6) is 0 Å². The van der Waals surface area contributed by atoms with E-state index >= 15 is 0 Å². The lowest BCUT2D eigenvalue weighted by Crippen LogP contribution is -2.28. The molecule has 0 aromatic carbocycles. The summed E-state index contributed by atoms with van der Waals surface area (Å²) in [7, 11) is -3.70. The number of hydrogen-bond donors (Lipinski definition) is 3. The number of nitrogens with one attached hydrogen (secondary N) is 1. The maximum absolute atomic E-state index is 11.9. The number of aliphatic hydroxyl groups is 1. The van der Waals surface area contributed by atoms with Gasteiger partial charge < -0.3 is 10.2 Å². The third kappa shape index (κ3) is 4.97. The van der Waals surface area contributed by atoms with E-state index in [-0.39, 0.29) is 24.0 Å². The highest BCUT2D eigenvalue weighted by Gasteiger charge is 2.17. The Balaban J connectivity index is 2.66. The van der Waals surface area contributed by atoms with Crippen LogP contribution in [0.25, 0.3) is 0 Å². The minimum absolute atomic E-state index is 0.000557. The lowest BCUT2D eigenvalue weighted by molar-refractivity contribution is -0.137. The zero-order valence-corrected chi connectivity index (χ0v) is 11.3. The molecule has 0 aliphatic heterocycles. The Kier molecular flexibility index (Phi) is 5.45. The van der Waals surface area contributed by atoms with E-state index in [2.05, 4.69) is 9.82 Å². The van der Waals surface area contributed by atoms with Gasteiger partial charge in [0.05, 0.1) is 6.20 Å². The predicted octanol–water partition coefficient (Wildman–Crippen LogP) is -0.735. The van der Waals surface area contributed by atoms with E-state index in [9.17, 15) is 13.2 Å². The van der Waals surface area contributed by atoms with Crippen LogP contribution in [0, 0.1) is 5.92 Å². The molecule has 0 saturated heterocycles. The maximum atomic E-state index is 11.9. The molecule has 0 radical (unpaired) electrons. The summed E-state index contributed by atoms with van der Waals surface area (Å²) >= 11 is 0. The monoisotopic (exact) mass is 291 g/mol. The lowest BCUT2D eigenvalue weighted by Gasteiger charge is -2.10. The van der Waals surface area contributed by atoms with E-state index in [1.807, 2.05) is 6.92 Å². The molecule has 1 aromatic rings. The molecule has 1 unspecified atom stereocenters. The van der Waals surface area contributed by atoms with Gasteiger partial charge in [-0.25, -0.2) is 13.1 Å². The molecule has 19 heavy (non-hydrogen) atoms. The fourth-order valence-electron chi connectivity index (χ4n) is 1.37. The van der Waals surface area contributed by atoms with Crippen LogP contribution in [-0.4, -0.2) is 47.5 Å². The van der Waals surface area contributed by atoms with Gasteiger partial charge in [0.2, 0.25) is 10.0 Å². The number of carboxylic acid groups (broad SMARTS) is 1. The maximum Gasteiger partial charge on any atom is 0.325 e. The first-order valence-corrected chi connectivity index (χ1v) is 7.18. The number of hydrogen-bond acceptors (Lipinski definition) is 5. The highest BCUT2D eigenvalue weighted by atomic mass is 32.2. The van der Waals surface area contributed by atoms with E-state index in [1.54, 1.807) is 0 Å². The van der Waals surface area contributed by atoms with Crippen LogP contribution >= 0.6 is 0 Å². The fraction of sp³-hybridized carbons (Fsp3) is 0.600. The van der Waals surface area contributed by atoms with E-state index < -0.39 is 22.5 Å². The summed E-state index contributed by atoms with van der Waals surface area (Å²) in [6, 6.07) is 0. The van der Waals surface area contributed by atoms with Gasteiger partial charge in [0.25, 0.3) is 0 Å². The van der Waals surface area contributed by atoms with Crippen LogP contribution < -0.4 is 4.72 Å². The molecular formula is C10H17N3O5S. The van der Waals surface area contributed by atoms with Crippen LogP contribution in [0.3, 0.4) is 0 Å². The molecule has 108 valence electrons. The molecule has 1 rings (SSSR count).